The number of hydrogen-bond acceptors (Lipinski definition) is 3. The predicted octanol–water partition coefficient (Wildman–Crippen LogP) is 4.17. The summed E-state index contributed by atoms with van der Waals surface area (Å²) >= 11 is 6.08. The predicted molar refractivity (Wildman–Crippen MR) is 121 cm³/mol. The number of nitrogens with zero attached hydrogens (tertiary/aromatic N) is 2. The van der Waals surface area contributed by atoms with Crippen LogP contribution in [0.4, 0.5) is 0 Å². The number of ether oxygens (including phenoxy) is 1. The van der Waals surface area contributed by atoms with E-state index in [0.29, 0.717) is 17.1 Å². The number of rotatable bonds is 6. The van der Waals surface area contributed by atoms with E-state index in [1.807, 2.05) is 67.6 Å². The van der Waals surface area contributed by atoms with Gasteiger partial charge in [-0.05, 0) is 42.8 Å². The number of nitrogens with one attached hydrogen (secondary N) is 1. The minimum Gasteiger partial charge on any atom is -0.379 e. The Labute approximate surface area is 182 Å². The third kappa shape index (κ3) is 4.59. The van der Waals surface area contributed by atoms with E-state index >= 15 is 0 Å². The van der Waals surface area contributed by atoms with Crippen molar-refractivity contribution >= 4 is 17.5 Å². The Hall–Kier alpha value is -2.60. The summed E-state index contributed by atoms with van der Waals surface area (Å²) in [6, 6.07) is 19.8. The zero-order valence-corrected chi connectivity index (χ0v) is 17.9. The number of carbonyl (C=O) groups is 1. The summed E-state index contributed by atoms with van der Waals surface area (Å²) in [6.07, 6.45) is 0. The summed E-state index contributed by atoms with van der Waals surface area (Å²) in [5.74, 6) is -0.0503. The first-order valence-corrected chi connectivity index (χ1v) is 10.6. The highest BCUT2D eigenvalue weighted by atomic mass is 35.5. The zero-order valence-electron chi connectivity index (χ0n) is 17.1. The molecule has 1 fully saturated rings. The van der Waals surface area contributed by atoms with Gasteiger partial charge in [0.1, 0.15) is 0 Å². The van der Waals surface area contributed by atoms with Gasteiger partial charge in [-0.25, -0.2) is 0 Å². The third-order valence-electron chi connectivity index (χ3n) is 5.46. The van der Waals surface area contributed by atoms with Crippen LogP contribution in [0.1, 0.15) is 16.1 Å². The summed E-state index contributed by atoms with van der Waals surface area (Å²) in [6.45, 7) is 6.79. The second-order valence-corrected chi connectivity index (χ2v) is 7.85. The average molecular weight is 424 g/mol. The van der Waals surface area contributed by atoms with Crippen molar-refractivity contribution in [1.82, 2.24) is 14.8 Å². The molecule has 1 aromatic heterocycles. The van der Waals surface area contributed by atoms with Gasteiger partial charge in [0.15, 0.2) is 0 Å². The molecule has 0 atom stereocenters. The second-order valence-electron chi connectivity index (χ2n) is 7.42. The van der Waals surface area contributed by atoms with Crippen LogP contribution in [0.15, 0.2) is 60.7 Å². The molecule has 30 heavy (non-hydrogen) atoms. The molecule has 5 nitrogen and oxygen atoms in total. The molecular formula is C24H26ClN3O2. The Morgan fingerprint density at radius 1 is 1.07 bits per heavy atom. The molecule has 1 saturated heterocycles. The average Bonchev–Trinajstić information content (AvgIpc) is 3.12. The molecule has 0 unspecified atom stereocenters. The van der Waals surface area contributed by atoms with Gasteiger partial charge in [-0.2, -0.15) is 0 Å². The molecular weight excluding hydrogens is 398 g/mol. The quantitative estimate of drug-likeness (QED) is 0.647. The van der Waals surface area contributed by atoms with Crippen molar-refractivity contribution in [2.45, 2.75) is 6.92 Å². The van der Waals surface area contributed by atoms with Crippen molar-refractivity contribution in [1.29, 1.82) is 0 Å². The molecule has 0 saturated carbocycles. The first-order chi connectivity index (χ1) is 14.6. The number of morpholine rings is 1. The Morgan fingerprint density at radius 3 is 2.47 bits per heavy atom. The number of hydrogen-bond donors (Lipinski definition) is 1. The fourth-order valence-corrected chi connectivity index (χ4v) is 3.95. The minimum atomic E-state index is -0.0503. The van der Waals surface area contributed by atoms with Crippen molar-refractivity contribution in [3.05, 3.63) is 76.9 Å². The fourth-order valence-electron chi connectivity index (χ4n) is 3.83. The van der Waals surface area contributed by atoms with Crippen LogP contribution in [-0.4, -0.2) is 54.8 Å². The van der Waals surface area contributed by atoms with Crippen LogP contribution in [0.3, 0.4) is 0 Å². The Kier molecular flexibility index (Phi) is 6.53. The van der Waals surface area contributed by atoms with E-state index in [0.717, 1.165) is 55.5 Å². The normalized spacial score (nSPS) is 14.6. The van der Waals surface area contributed by atoms with Crippen molar-refractivity contribution in [3.63, 3.8) is 0 Å². The first-order valence-electron chi connectivity index (χ1n) is 10.3. The first kappa shape index (κ1) is 20.7. The van der Waals surface area contributed by atoms with Gasteiger partial charge in [-0.15, -0.1) is 0 Å². The van der Waals surface area contributed by atoms with E-state index < -0.39 is 0 Å². The summed E-state index contributed by atoms with van der Waals surface area (Å²) in [5, 5.41) is 3.77. The highest BCUT2D eigenvalue weighted by Crippen LogP contribution is 2.30. The lowest BCUT2D eigenvalue weighted by atomic mass is 10.1. The summed E-state index contributed by atoms with van der Waals surface area (Å²) < 4.78 is 7.50. The largest absolute Gasteiger partial charge is 0.379 e. The molecule has 156 valence electrons. The fraction of sp³-hybridized carbons (Fsp3) is 0.292. The number of aromatic nitrogens is 1. The lowest BCUT2D eigenvalue weighted by Gasteiger charge is -2.26. The van der Waals surface area contributed by atoms with E-state index in [9.17, 15) is 4.79 Å². The number of benzene rings is 2. The van der Waals surface area contributed by atoms with Gasteiger partial charge in [0.2, 0.25) is 0 Å². The molecule has 1 aliphatic rings. The van der Waals surface area contributed by atoms with Crippen LogP contribution in [0, 0.1) is 6.92 Å². The topological polar surface area (TPSA) is 46.5 Å². The van der Waals surface area contributed by atoms with E-state index in [1.165, 1.54) is 0 Å². The van der Waals surface area contributed by atoms with E-state index in [-0.39, 0.29) is 5.91 Å². The minimum absolute atomic E-state index is 0.0503. The highest BCUT2D eigenvalue weighted by molar-refractivity contribution is 6.30. The second kappa shape index (κ2) is 9.47. The van der Waals surface area contributed by atoms with E-state index in [4.69, 9.17) is 16.3 Å². The van der Waals surface area contributed by atoms with Crippen molar-refractivity contribution in [2.24, 2.45) is 0 Å². The van der Waals surface area contributed by atoms with Crippen LogP contribution in [0.25, 0.3) is 16.9 Å². The molecule has 1 N–H and O–H groups in total. The molecule has 1 amide bonds. The zero-order chi connectivity index (χ0) is 20.9. The van der Waals surface area contributed by atoms with E-state index in [2.05, 4.69) is 14.8 Å². The van der Waals surface area contributed by atoms with Crippen molar-refractivity contribution < 1.29 is 9.53 Å². The maximum Gasteiger partial charge on any atom is 0.253 e. The SMILES string of the molecule is Cc1c(C(=O)NCCN2CCOCC2)cc(-c2ccc(Cl)cc2)n1-c1ccccc1. The molecule has 6 heteroatoms. The summed E-state index contributed by atoms with van der Waals surface area (Å²) in [7, 11) is 0. The van der Waals surface area contributed by atoms with Gasteiger partial charge in [0.05, 0.1) is 24.5 Å². The summed E-state index contributed by atoms with van der Waals surface area (Å²) in [5.41, 5.74) is 4.60. The maximum atomic E-state index is 13.0. The van der Waals surface area contributed by atoms with Crippen LogP contribution in [0.5, 0.6) is 0 Å². The third-order valence-corrected chi connectivity index (χ3v) is 5.72. The number of amides is 1. The Morgan fingerprint density at radius 2 is 1.77 bits per heavy atom. The smallest absolute Gasteiger partial charge is 0.253 e. The van der Waals surface area contributed by atoms with E-state index in [1.54, 1.807) is 0 Å². The van der Waals surface area contributed by atoms with Gasteiger partial charge in [0.25, 0.3) is 5.91 Å². The summed E-state index contributed by atoms with van der Waals surface area (Å²) in [4.78, 5) is 15.3. The van der Waals surface area contributed by atoms with Crippen LogP contribution in [-0.2, 0) is 4.74 Å². The van der Waals surface area contributed by atoms with Crippen LogP contribution < -0.4 is 5.32 Å². The molecule has 1 aliphatic heterocycles. The maximum absolute atomic E-state index is 13.0. The molecule has 0 radical (unpaired) electrons. The Bertz CT molecular complexity index is 993. The van der Waals surface area contributed by atoms with Gasteiger partial charge in [-0.3, -0.25) is 9.69 Å². The monoisotopic (exact) mass is 423 g/mol. The van der Waals surface area contributed by atoms with Gasteiger partial charge in [0, 0.05) is 42.6 Å². The lowest BCUT2D eigenvalue weighted by molar-refractivity contribution is 0.0383. The molecule has 0 bridgehead atoms. The van der Waals surface area contributed by atoms with Crippen LogP contribution in [0.2, 0.25) is 5.02 Å². The molecule has 4 rings (SSSR count). The van der Waals surface area contributed by atoms with Gasteiger partial charge >= 0.3 is 0 Å². The standard InChI is InChI=1S/C24H26ClN3O2/c1-18-22(24(29)26-11-12-27-13-15-30-16-14-27)17-23(19-7-9-20(25)10-8-19)28(18)21-5-3-2-4-6-21/h2-10,17H,11-16H2,1H3,(H,26,29). The molecule has 0 spiro atoms. The molecule has 0 aliphatic carbocycles. The molecule has 3 aromatic rings. The molecule has 2 heterocycles. The van der Waals surface area contributed by atoms with Crippen molar-refractivity contribution in [3.8, 4) is 16.9 Å². The molecule has 2 aromatic carbocycles. The number of carbonyl (C=O) groups excluding carboxylic acids is 1. The lowest BCUT2D eigenvalue weighted by Crippen LogP contribution is -2.41. The van der Waals surface area contributed by atoms with Gasteiger partial charge in [-0.1, -0.05) is 41.9 Å². The number of halogens is 1. The van der Waals surface area contributed by atoms with Crippen molar-refractivity contribution in [2.75, 3.05) is 39.4 Å². The highest BCUT2D eigenvalue weighted by Gasteiger charge is 2.20. The number of para-hydroxylation sites is 1. The Balaban J connectivity index is 1.60. The van der Waals surface area contributed by atoms with Crippen LogP contribution >= 0.6 is 11.6 Å². The van der Waals surface area contributed by atoms with Gasteiger partial charge < -0.3 is 14.6 Å².